The Morgan fingerprint density at radius 3 is 2.62 bits per heavy atom. The predicted octanol–water partition coefficient (Wildman–Crippen LogP) is 1.59. The summed E-state index contributed by atoms with van der Waals surface area (Å²) >= 11 is 0. The average molecular weight is 356 g/mol. The van der Waals surface area contributed by atoms with Crippen molar-refractivity contribution in [3.05, 3.63) is 59.9 Å². The molecule has 0 aliphatic rings. The molecule has 140 valence electrons. The molecule has 0 saturated heterocycles. The Kier molecular flexibility index (Phi) is 8.43. The number of aliphatic hydroxyl groups excluding tert-OH is 1. The van der Waals surface area contributed by atoms with Gasteiger partial charge in [-0.05, 0) is 17.7 Å². The Labute approximate surface area is 157 Å². The van der Waals surface area contributed by atoms with Crippen LogP contribution < -0.4 is 4.90 Å². The number of rotatable bonds is 11. The highest BCUT2D eigenvalue weighted by Crippen LogP contribution is 2.07. The summed E-state index contributed by atoms with van der Waals surface area (Å²) in [6, 6.07) is 14.7. The monoisotopic (exact) mass is 355 g/mol. The lowest BCUT2D eigenvalue weighted by Gasteiger charge is -2.24. The fraction of sp³-hybridized carbons (Fsp3) is 0.455. The van der Waals surface area contributed by atoms with Crippen LogP contribution >= 0.6 is 0 Å². The fourth-order valence-corrected chi connectivity index (χ4v) is 3.25. The predicted molar refractivity (Wildman–Crippen MR) is 105 cm³/mol. The van der Waals surface area contributed by atoms with E-state index in [4.69, 9.17) is 11.2 Å². The van der Waals surface area contributed by atoms with Crippen molar-refractivity contribution in [2.45, 2.75) is 33.0 Å². The van der Waals surface area contributed by atoms with Crippen LogP contribution in [0.5, 0.6) is 0 Å². The maximum atomic E-state index is 10.3. The molecule has 0 spiro atoms. The Balaban J connectivity index is 1.99. The van der Waals surface area contributed by atoms with E-state index >= 15 is 0 Å². The number of nitrogens with zero attached hydrogens (tertiary/aromatic N) is 1. The van der Waals surface area contributed by atoms with Crippen LogP contribution in [0, 0.1) is 18.3 Å². The van der Waals surface area contributed by atoms with E-state index in [-0.39, 0.29) is 13.2 Å². The largest absolute Gasteiger partial charge is 0.385 e. The third-order valence-electron chi connectivity index (χ3n) is 4.27. The standard InChI is InChI=1S/C22H30N2O2/c1-4-13-26-18-22(25)17-23(14-19(2)3)16-21-11-8-12-24(21)15-20-9-6-5-7-10-20/h1,5-12,19,22,25H,13-18H2,2-3H3/p+1/t22-/m1/s1. The van der Waals surface area contributed by atoms with Crippen LogP contribution in [0.1, 0.15) is 25.1 Å². The van der Waals surface area contributed by atoms with Crippen LogP contribution in [0.4, 0.5) is 0 Å². The molecule has 0 fully saturated rings. The van der Waals surface area contributed by atoms with Crippen LogP contribution in [0.2, 0.25) is 0 Å². The number of nitrogens with one attached hydrogen (secondary N) is 1. The van der Waals surface area contributed by atoms with Crippen molar-refractivity contribution in [3.8, 4) is 12.3 Å². The highest BCUT2D eigenvalue weighted by atomic mass is 16.5. The average Bonchev–Trinajstić information content (AvgIpc) is 3.02. The lowest BCUT2D eigenvalue weighted by molar-refractivity contribution is -0.920. The quantitative estimate of drug-likeness (QED) is 0.475. The lowest BCUT2D eigenvalue weighted by Crippen LogP contribution is -3.12. The zero-order valence-electron chi connectivity index (χ0n) is 15.9. The summed E-state index contributed by atoms with van der Waals surface area (Å²) in [4.78, 5) is 1.35. The third-order valence-corrected chi connectivity index (χ3v) is 4.27. The third kappa shape index (κ3) is 7.05. The van der Waals surface area contributed by atoms with Gasteiger partial charge in [-0.3, -0.25) is 0 Å². The summed E-state index contributed by atoms with van der Waals surface area (Å²) in [6.45, 7) is 8.36. The molecule has 2 aromatic rings. The number of benzene rings is 1. The number of hydrogen-bond donors (Lipinski definition) is 2. The maximum Gasteiger partial charge on any atom is 0.126 e. The number of aromatic nitrogens is 1. The van der Waals surface area contributed by atoms with Crippen LogP contribution in [0.3, 0.4) is 0 Å². The zero-order valence-corrected chi connectivity index (χ0v) is 15.9. The number of ether oxygens (including phenoxy) is 1. The van der Waals surface area contributed by atoms with Crippen LogP contribution in [-0.2, 0) is 17.8 Å². The molecule has 0 bridgehead atoms. The first-order valence-electron chi connectivity index (χ1n) is 9.29. The molecular weight excluding hydrogens is 324 g/mol. The van der Waals surface area contributed by atoms with Crippen LogP contribution in [0.15, 0.2) is 48.7 Å². The van der Waals surface area contributed by atoms with E-state index in [1.54, 1.807) is 0 Å². The molecule has 26 heavy (non-hydrogen) atoms. The second-order valence-corrected chi connectivity index (χ2v) is 7.21. The van der Waals surface area contributed by atoms with E-state index in [1.165, 1.54) is 16.2 Å². The molecule has 1 heterocycles. The van der Waals surface area contributed by atoms with Crippen molar-refractivity contribution in [3.63, 3.8) is 0 Å². The second kappa shape index (κ2) is 10.8. The molecule has 1 unspecified atom stereocenters. The van der Waals surface area contributed by atoms with Crippen molar-refractivity contribution < 1.29 is 14.7 Å². The summed E-state index contributed by atoms with van der Waals surface area (Å²) in [6.07, 6.45) is 6.81. The SMILES string of the molecule is C#CCOC[C@H](O)C[NH+](Cc1cccn1Cc1ccccc1)CC(C)C. The molecule has 2 rings (SSSR count). The first-order chi connectivity index (χ1) is 12.6. The van der Waals surface area contributed by atoms with Gasteiger partial charge in [0.2, 0.25) is 0 Å². The van der Waals surface area contributed by atoms with Gasteiger partial charge < -0.3 is 19.3 Å². The van der Waals surface area contributed by atoms with Crippen molar-refractivity contribution >= 4 is 0 Å². The topological polar surface area (TPSA) is 38.8 Å². The second-order valence-electron chi connectivity index (χ2n) is 7.21. The maximum absolute atomic E-state index is 10.3. The molecule has 4 nitrogen and oxygen atoms in total. The van der Waals surface area contributed by atoms with E-state index in [9.17, 15) is 5.11 Å². The molecule has 1 aromatic heterocycles. The van der Waals surface area contributed by atoms with Gasteiger partial charge in [0.05, 0.1) is 18.8 Å². The van der Waals surface area contributed by atoms with Crippen molar-refractivity contribution in [1.29, 1.82) is 0 Å². The van der Waals surface area contributed by atoms with Crippen LogP contribution in [0.25, 0.3) is 0 Å². The van der Waals surface area contributed by atoms with Gasteiger partial charge in [-0.2, -0.15) is 0 Å². The Bertz CT molecular complexity index is 673. The Hall–Kier alpha value is -2.06. The Morgan fingerprint density at radius 1 is 1.15 bits per heavy atom. The molecule has 2 N–H and O–H groups in total. The zero-order chi connectivity index (χ0) is 18.8. The first-order valence-corrected chi connectivity index (χ1v) is 9.29. The first kappa shape index (κ1) is 20.3. The minimum Gasteiger partial charge on any atom is -0.385 e. The van der Waals surface area contributed by atoms with Gasteiger partial charge in [-0.15, -0.1) is 6.42 Å². The van der Waals surface area contributed by atoms with Gasteiger partial charge in [0.15, 0.2) is 0 Å². The van der Waals surface area contributed by atoms with E-state index in [0.29, 0.717) is 12.5 Å². The van der Waals surface area contributed by atoms with Gasteiger partial charge in [-0.1, -0.05) is 50.1 Å². The van der Waals surface area contributed by atoms with Gasteiger partial charge in [0.25, 0.3) is 0 Å². The Morgan fingerprint density at radius 2 is 1.92 bits per heavy atom. The molecular formula is C22H31N2O2+. The molecule has 0 radical (unpaired) electrons. The molecule has 0 saturated carbocycles. The smallest absolute Gasteiger partial charge is 0.126 e. The van der Waals surface area contributed by atoms with E-state index < -0.39 is 6.10 Å². The minimum atomic E-state index is -0.505. The number of aliphatic hydroxyl groups is 1. The lowest BCUT2D eigenvalue weighted by atomic mass is 10.2. The van der Waals surface area contributed by atoms with Crippen molar-refractivity contribution in [1.82, 2.24) is 4.57 Å². The number of quaternary nitrogens is 1. The van der Waals surface area contributed by atoms with Crippen LogP contribution in [-0.4, -0.2) is 42.1 Å². The van der Waals surface area contributed by atoms with Gasteiger partial charge in [0.1, 0.15) is 25.8 Å². The molecule has 1 aromatic carbocycles. The van der Waals surface area contributed by atoms with Gasteiger partial charge in [0, 0.05) is 18.7 Å². The summed E-state index contributed by atoms with van der Waals surface area (Å²) < 4.78 is 7.57. The summed E-state index contributed by atoms with van der Waals surface area (Å²) in [7, 11) is 0. The molecule has 0 aliphatic heterocycles. The van der Waals surface area contributed by atoms with E-state index in [1.807, 2.05) is 6.07 Å². The normalized spacial score (nSPS) is 13.5. The number of terminal acetylenes is 1. The molecule has 4 heteroatoms. The van der Waals surface area contributed by atoms with Gasteiger partial charge >= 0.3 is 0 Å². The molecule has 2 atom stereocenters. The van der Waals surface area contributed by atoms with E-state index in [0.717, 1.165) is 19.6 Å². The highest BCUT2D eigenvalue weighted by Gasteiger charge is 2.19. The minimum absolute atomic E-state index is 0.247. The summed E-state index contributed by atoms with van der Waals surface area (Å²) in [5, 5.41) is 10.3. The highest BCUT2D eigenvalue weighted by molar-refractivity contribution is 5.17. The molecule has 0 amide bonds. The number of hydrogen-bond acceptors (Lipinski definition) is 2. The molecule has 0 aliphatic carbocycles. The summed E-state index contributed by atoms with van der Waals surface area (Å²) in [5.74, 6) is 2.99. The fourth-order valence-electron chi connectivity index (χ4n) is 3.25. The summed E-state index contributed by atoms with van der Waals surface area (Å²) in [5.41, 5.74) is 2.57. The van der Waals surface area contributed by atoms with Crippen molar-refractivity contribution in [2.75, 3.05) is 26.3 Å². The van der Waals surface area contributed by atoms with E-state index in [2.05, 4.69) is 66.9 Å². The van der Waals surface area contributed by atoms with Crippen molar-refractivity contribution in [2.24, 2.45) is 5.92 Å². The van der Waals surface area contributed by atoms with Gasteiger partial charge in [-0.25, -0.2) is 0 Å².